The molecule has 1 aliphatic carbocycles. The van der Waals surface area contributed by atoms with Crippen LogP contribution in [0.4, 0.5) is 0 Å². The Balaban J connectivity index is 1.56. The predicted molar refractivity (Wildman–Crippen MR) is 126 cm³/mol. The highest BCUT2D eigenvalue weighted by Gasteiger charge is 2.23. The number of fused-ring (bicyclic) bond motifs is 1. The van der Waals surface area contributed by atoms with Crippen LogP contribution in [-0.4, -0.2) is 23.3 Å². The Morgan fingerprint density at radius 2 is 1.84 bits per heavy atom. The fourth-order valence-corrected chi connectivity index (χ4v) is 3.74. The van der Waals surface area contributed by atoms with Gasteiger partial charge in [0, 0.05) is 11.3 Å². The molecule has 0 spiro atoms. The lowest BCUT2D eigenvalue weighted by molar-refractivity contribution is 0.280. The maximum atomic E-state index is 9.14. The normalized spacial score (nSPS) is 13.4. The lowest BCUT2D eigenvalue weighted by Gasteiger charge is -2.13. The standard InChI is InChI=1S/C27H23N3O2/c1-31-25-8-4-5-21(27(25)32-18-20-9-10-20)13-16-26-29-23-6-2-3-7-24(23)30(26)22-14-11-19(17-28)12-15-22/h2-8,11-16,20H,9-10,18H2,1H3/b16-13+. The largest absolute Gasteiger partial charge is 0.493 e. The first-order valence-corrected chi connectivity index (χ1v) is 10.7. The van der Waals surface area contributed by atoms with E-state index in [0.29, 0.717) is 18.1 Å². The summed E-state index contributed by atoms with van der Waals surface area (Å²) in [6.45, 7) is 0.713. The molecule has 1 heterocycles. The molecule has 1 aromatic heterocycles. The van der Waals surface area contributed by atoms with Crippen molar-refractivity contribution in [3.8, 4) is 23.3 Å². The third kappa shape index (κ3) is 3.95. The van der Waals surface area contributed by atoms with Crippen molar-refractivity contribution in [1.82, 2.24) is 9.55 Å². The van der Waals surface area contributed by atoms with Crippen molar-refractivity contribution in [3.05, 3.63) is 83.7 Å². The van der Waals surface area contributed by atoms with Gasteiger partial charge >= 0.3 is 0 Å². The molecule has 0 radical (unpaired) electrons. The van der Waals surface area contributed by atoms with Crippen LogP contribution < -0.4 is 9.47 Å². The van der Waals surface area contributed by atoms with Gasteiger partial charge in [-0.1, -0.05) is 24.3 Å². The van der Waals surface area contributed by atoms with E-state index in [4.69, 9.17) is 19.7 Å². The average Bonchev–Trinajstić information content (AvgIpc) is 3.60. The average molecular weight is 422 g/mol. The van der Waals surface area contributed by atoms with Gasteiger partial charge in [0.25, 0.3) is 0 Å². The van der Waals surface area contributed by atoms with Gasteiger partial charge in [-0.3, -0.25) is 4.57 Å². The summed E-state index contributed by atoms with van der Waals surface area (Å²) in [5.74, 6) is 2.94. The van der Waals surface area contributed by atoms with Crippen LogP contribution >= 0.6 is 0 Å². The molecule has 0 N–H and O–H groups in total. The molecule has 1 saturated carbocycles. The van der Waals surface area contributed by atoms with Gasteiger partial charge in [-0.15, -0.1) is 0 Å². The monoisotopic (exact) mass is 421 g/mol. The number of methoxy groups -OCH3 is 1. The maximum Gasteiger partial charge on any atom is 0.168 e. The smallest absolute Gasteiger partial charge is 0.168 e. The number of hydrogen-bond acceptors (Lipinski definition) is 4. The summed E-state index contributed by atoms with van der Waals surface area (Å²) in [6, 6.07) is 23.7. The van der Waals surface area contributed by atoms with Crippen molar-refractivity contribution < 1.29 is 9.47 Å². The van der Waals surface area contributed by atoms with Crippen LogP contribution in [0.15, 0.2) is 66.7 Å². The third-order valence-electron chi connectivity index (χ3n) is 5.64. The minimum Gasteiger partial charge on any atom is -0.493 e. The molecule has 158 valence electrons. The number of ether oxygens (including phenoxy) is 2. The predicted octanol–water partition coefficient (Wildman–Crippen LogP) is 5.86. The molecule has 0 bridgehead atoms. The third-order valence-corrected chi connectivity index (χ3v) is 5.64. The van der Waals surface area contributed by atoms with Gasteiger partial charge in [0.05, 0.1) is 36.4 Å². The molecule has 4 aromatic rings. The van der Waals surface area contributed by atoms with Crippen molar-refractivity contribution in [2.75, 3.05) is 13.7 Å². The molecule has 1 fully saturated rings. The summed E-state index contributed by atoms with van der Waals surface area (Å²) < 4.78 is 13.8. The zero-order chi connectivity index (χ0) is 21.9. The zero-order valence-corrected chi connectivity index (χ0v) is 17.9. The number of para-hydroxylation sites is 3. The summed E-state index contributed by atoms with van der Waals surface area (Å²) in [4.78, 5) is 4.84. The molecular formula is C27H23N3O2. The molecule has 0 unspecified atom stereocenters. The topological polar surface area (TPSA) is 60.1 Å². The second kappa shape index (κ2) is 8.60. The number of hydrogen-bond donors (Lipinski definition) is 0. The minimum absolute atomic E-state index is 0.629. The fourth-order valence-electron chi connectivity index (χ4n) is 3.74. The van der Waals surface area contributed by atoms with E-state index in [1.165, 1.54) is 12.8 Å². The number of nitriles is 1. The van der Waals surface area contributed by atoms with Gasteiger partial charge in [-0.2, -0.15) is 5.26 Å². The van der Waals surface area contributed by atoms with E-state index in [9.17, 15) is 0 Å². The Bertz CT molecular complexity index is 1330. The van der Waals surface area contributed by atoms with Crippen molar-refractivity contribution in [3.63, 3.8) is 0 Å². The summed E-state index contributed by atoms with van der Waals surface area (Å²) >= 11 is 0. The van der Waals surface area contributed by atoms with E-state index < -0.39 is 0 Å². The number of rotatable bonds is 7. The van der Waals surface area contributed by atoms with Crippen LogP contribution in [0.25, 0.3) is 28.9 Å². The summed E-state index contributed by atoms with van der Waals surface area (Å²) in [6.07, 6.45) is 6.48. The lowest BCUT2D eigenvalue weighted by Crippen LogP contribution is -2.02. The fraction of sp³-hybridized carbons (Fsp3) is 0.185. The van der Waals surface area contributed by atoms with Crippen molar-refractivity contribution in [2.45, 2.75) is 12.8 Å². The summed E-state index contributed by atoms with van der Waals surface area (Å²) in [5.41, 5.74) is 4.45. The van der Waals surface area contributed by atoms with Gasteiger partial charge in [0.2, 0.25) is 0 Å². The second-order valence-electron chi connectivity index (χ2n) is 7.92. The molecule has 5 heteroatoms. The van der Waals surface area contributed by atoms with Crippen LogP contribution in [-0.2, 0) is 0 Å². The van der Waals surface area contributed by atoms with E-state index in [-0.39, 0.29) is 0 Å². The Morgan fingerprint density at radius 1 is 1.03 bits per heavy atom. The minimum atomic E-state index is 0.629. The van der Waals surface area contributed by atoms with E-state index >= 15 is 0 Å². The Hall–Kier alpha value is -4.04. The molecule has 0 aliphatic heterocycles. The first-order valence-electron chi connectivity index (χ1n) is 10.7. The molecule has 32 heavy (non-hydrogen) atoms. The van der Waals surface area contributed by atoms with Gasteiger partial charge < -0.3 is 9.47 Å². The first kappa shape index (κ1) is 19.9. The Morgan fingerprint density at radius 3 is 2.59 bits per heavy atom. The summed E-state index contributed by atoms with van der Waals surface area (Å²) in [5, 5.41) is 9.14. The van der Waals surface area contributed by atoms with Crippen molar-refractivity contribution in [1.29, 1.82) is 5.26 Å². The maximum absolute atomic E-state index is 9.14. The van der Waals surface area contributed by atoms with Gasteiger partial charge in [0.1, 0.15) is 5.82 Å². The van der Waals surface area contributed by atoms with Crippen molar-refractivity contribution in [2.24, 2.45) is 5.92 Å². The Kier molecular flexibility index (Phi) is 5.35. The van der Waals surface area contributed by atoms with Crippen LogP contribution in [0.1, 0.15) is 29.8 Å². The van der Waals surface area contributed by atoms with E-state index in [0.717, 1.165) is 39.6 Å². The summed E-state index contributed by atoms with van der Waals surface area (Å²) in [7, 11) is 1.66. The number of imidazole rings is 1. The van der Waals surface area contributed by atoms with E-state index in [2.05, 4.69) is 10.6 Å². The molecule has 3 aromatic carbocycles. The van der Waals surface area contributed by atoms with Gasteiger partial charge in [-0.05, 0) is 73.4 Å². The van der Waals surface area contributed by atoms with Crippen molar-refractivity contribution >= 4 is 23.2 Å². The molecule has 0 amide bonds. The number of nitrogens with zero attached hydrogens (tertiary/aromatic N) is 3. The van der Waals surface area contributed by atoms with E-state index in [1.807, 2.05) is 78.9 Å². The molecule has 1 aliphatic rings. The van der Waals surface area contributed by atoms with Crippen LogP contribution in [0.2, 0.25) is 0 Å². The quantitative estimate of drug-likeness (QED) is 0.375. The first-order chi connectivity index (χ1) is 15.8. The lowest BCUT2D eigenvalue weighted by atomic mass is 10.1. The zero-order valence-electron chi connectivity index (χ0n) is 17.9. The van der Waals surface area contributed by atoms with E-state index in [1.54, 1.807) is 7.11 Å². The SMILES string of the molecule is COc1cccc(/C=C/c2nc3ccccc3n2-c2ccc(C#N)cc2)c1OCC1CC1. The van der Waals surface area contributed by atoms with Crippen LogP contribution in [0.3, 0.4) is 0 Å². The van der Waals surface area contributed by atoms with Gasteiger partial charge in [0.15, 0.2) is 11.5 Å². The highest BCUT2D eigenvalue weighted by atomic mass is 16.5. The molecular weight excluding hydrogens is 398 g/mol. The number of benzene rings is 3. The van der Waals surface area contributed by atoms with Gasteiger partial charge in [-0.25, -0.2) is 4.98 Å². The number of aromatic nitrogens is 2. The van der Waals surface area contributed by atoms with Crippen LogP contribution in [0.5, 0.6) is 11.5 Å². The molecule has 5 rings (SSSR count). The molecule has 5 nitrogen and oxygen atoms in total. The highest BCUT2D eigenvalue weighted by Crippen LogP contribution is 2.36. The Labute approximate surface area is 187 Å². The highest BCUT2D eigenvalue weighted by molar-refractivity contribution is 5.83. The second-order valence-corrected chi connectivity index (χ2v) is 7.92. The molecule has 0 atom stereocenters. The van der Waals surface area contributed by atoms with Crippen LogP contribution in [0, 0.1) is 17.2 Å². The molecule has 0 saturated heterocycles.